The molecule has 2 rings (SSSR count). The van der Waals surface area contributed by atoms with Gasteiger partial charge in [0.15, 0.2) is 5.69 Å². The summed E-state index contributed by atoms with van der Waals surface area (Å²) in [7, 11) is 0. The average molecular weight is 303 g/mol. The number of ether oxygens (including phenoxy) is 1. The van der Waals surface area contributed by atoms with E-state index in [1.165, 1.54) is 10.7 Å². The van der Waals surface area contributed by atoms with Crippen LogP contribution < -0.4 is 10.5 Å². The third kappa shape index (κ3) is 3.65. The summed E-state index contributed by atoms with van der Waals surface area (Å²) in [5, 5.41) is 14.2. The molecule has 1 atom stereocenters. The molecule has 1 heterocycles. The van der Waals surface area contributed by atoms with Crippen LogP contribution >= 0.6 is 0 Å². The van der Waals surface area contributed by atoms with E-state index in [0.29, 0.717) is 5.88 Å². The van der Waals surface area contributed by atoms with E-state index >= 15 is 0 Å². The third-order valence-corrected chi connectivity index (χ3v) is 3.32. The summed E-state index contributed by atoms with van der Waals surface area (Å²) in [6.07, 6.45) is -0.649. The van der Waals surface area contributed by atoms with Crippen LogP contribution in [0.5, 0.6) is 5.88 Å². The first-order valence-corrected chi connectivity index (χ1v) is 7.05. The zero-order valence-electron chi connectivity index (χ0n) is 13.0. The highest BCUT2D eigenvalue weighted by molar-refractivity contribution is 5.91. The predicted molar refractivity (Wildman–Crippen MR) is 83.0 cm³/mol. The van der Waals surface area contributed by atoms with Crippen molar-refractivity contribution in [1.29, 1.82) is 0 Å². The lowest BCUT2D eigenvalue weighted by Gasteiger charge is -2.25. The van der Waals surface area contributed by atoms with Gasteiger partial charge in [-0.15, -0.1) is 0 Å². The van der Waals surface area contributed by atoms with Gasteiger partial charge in [0.1, 0.15) is 6.61 Å². The number of amides is 1. The molecule has 0 spiro atoms. The third-order valence-electron chi connectivity index (χ3n) is 3.32. The lowest BCUT2D eigenvalue weighted by atomic mass is 9.90. The molecule has 22 heavy (non-hydrogen) atoms. The molecule has 1 aromatic heterocycles. The molecule has 1 amide bonds. The number of carbonyl (C=O) groups is 1. The van der Waals surface area contributed by atoms with Gasteiger partial charge in [0.05, 0.1) is 11.8 Å². The molecule has 0 saturated heterocycles. The van der Waals surface area contributed by atoms with Crippen LogP contribution in [0.4, 0.5) is 0 Å². The second-order valence-electron chi connectivity index (χ2n) is 6.17. The Balaban J connectivity index is 2.28. The van der Waals surface area contributed by atoms with E-state index in [1.54, 1.807) is 0 Å². The molecule has 6 heteroatoms. The SMILES string of the molecule is CC(C)(C)[C@H](O)COc1cc(C(N)=O)nn1-c1ccccc1. The van der Waals surface area contributed by atoms with Gasteiger partial charge in [-0.3, -0.25) is 4.79 Å². The molecule has 2 aromatic rings. The van der Waals surface area contributed by atoms with Crippen molar-refractivity contribution in [1.82, 2.24) is 9.78 Å². The van der Waals surface area contributed by atoms with Crippen LogP contribution in [0.15, 0.2) is 36.4 Å². The fraction of sp³-hybridized carbons (Fsp3) is 0.375. The number of aliphatic hydroxyl groups is 1. The zero-order valence-corrected chi connectivity index (χ0v) is 13.0. The normalized spacial score (nSPS) is 12.9. The number of para-hydroxylation sites is 1. The van der Waals surface area contributed by atoms with E-state index in [4.69, 9.17) is 10.5 Å². The minimum Gasteiger partial charge on any atom is -0.475 e. The molecule has 0 radical (unpaired) electrons. The second-order valence-corrected chi connectivity index (χ2v) is 6.17. The lowest BCUT2D eigenvalue weighted by molar-refractivity contribution is 0.0197. The Morgan fingerprint density at radius 1 is 1.36 bits per heavy atom. The number of carbonyl (C=O) groups excluding carboxylic acids is 1. The van der Waals surface area contributed by atoms with E-state index in [-0.39, 0.29) is 17.7 Å². The molecule has 0 aliphatic carbocycles. The number of hydrogen-bond acceptors (Lipinski definition) is 4. The van der Waals surface area contributed by atoms with Crippen LogP contribution in [0.2, 0.25) is 0 Å². The standard InChI is InChI=1S/C16H21N3O3/c1-16(2,3)13(20)10-22-14-9-12(15(17)21)18-19(14)11-7-5-4-6-8-11/h4-9,13,20H,10H2,1-3H3,(H2,17,21)/t13-/m1/s1. The Kier molecular flexibility index (Phi) is 4.51. The Labute approximate surface area is 129 Å². The first kappa shape index (κ1) is 16.0. The van der Waals surface area contributed by atoms with E-state index in [0.717, 1.165) is 5.69 Å². The highest BCUT2D eigenvalue weighted by Gasteiger charge is 2.24. The van der Waals surface area contributed by atoms with Gasteiger partial charge in [-0.05, 0) is 17.5 Å². The van der Waals surface area contributed by atoms with E-state index < -0.39 is 12.0 Å². The number of aliphatic hydroxyl groups excluding tert-OH is 1. The van der Waals surface area contributed by atoms with Gasteiger partial charge in [0, 0.05) is 6.07 Å². The minimum absolute atomic E-state index is 0.0974. The summed E-state index contributed by atoms with van der Waals surface area (Å²) >= 11 is 0. The van der Waals surface area contributed by atoms with Gasteiger partial charge < -0.3 is 15.6 Å². The molecule has 3 N–H and O–H groups in total. The highest BCUT2D eigenvalue weighted by atomic mass is 16.5. The molecule has 6 nitrogen and oxygen atoms in total. The number of rotatable bonds is 5. The Hall–Kier alpha value is -2.34. The highest BCUT2D eigenvalue weighted by Crippen LogP contribution is 2.23. The molecule has 118 valence electrons. The molecule has 0 fully saturated rings. The van der Waals surface area contributed by atoms with Gasteiger partial charge in [0.25, 0.3) is 5.91 Å². The zero-order chi connectivity index (χ0) is 16.3. The minimum atomic E-state index is -0.649. The molecule has 1 aromatic carbocycles. The summed E-state index contributed by atoms with van der Waals surface area (Å²) in [5.41, 5.74) is 5.84. The number of nitrogens with zero attached hydrogens (tertiary/aromatic N) is 2. The molecular formula is C16H21N3O3. The maximum absolute atomic E-state index is 11.3. The van der Waals surface area contributed by atoms with Gasteiger partial charge >= 0.3 is 0 Å². The molecule has 0 bridgehead atoms. The van der Waals surface area contributed by atoms with Crippen molar-refractivity contribution in [2.45, 2.75) is 26.9 Å². The first-order valence-electron chi connectivity index (χ1n) is 7.05. The molecule has 0 aliphatic heterocycles. The van der Waals surface area contributed by atoms with Gasteiger partial charge in [-0.25, -0.2) is 4.68 Å². The topological polar surface area (TPSA) is 90.4 Å². The van der Waals surface area contributed by atoms with Crippen molar-refractivity contribution in [2.75, 3.05) is 6.61 Å². The van der Waals surface area contributed by atoms with Crippen LogP contribution in [0.3, 0.4) is 0 Å². The fourth-order valence-corrected chi connectivity index (χ4v) is 1.76. The Morgan fingerprint density at radius 2 is 2.00 bits per heavy atom. The van der Waals surface area contributed by atoms with Crippen molar-refractivity contribution in [3.63, 3.8) is 0 Å². The van der Waals surface area contributed by atoms with Crippen molar-refractivity contribution in [2.24, 2.45) is 11.1 Å². The van der Waals surface area contributed by atoms with E-state index in [9.17, 15) is 9.90 Å². The van der Waals surface area contributed by atoms with Crippen LogP contribution in [0.25, 0.3) is 5.69 Å². The molecule has 0 unspecified atom stereocenters. The summed E-state index contributed by atoms with van der Waals surface area (Å²) in [6.45, 7) is 5.86. The quantitative estimate of drug-likeness (QED) is 0.880. The fourth-order valence-electron chi connectivity index (χ4n) is 1.76. The maximum atomic E-state index is 11.3. The predicted octanol–water partition coefficient (Wildman–Crippen LogP) is 1.76. The number of primary amides is 1. The Bertz CT molecular complexity index is 644. The molecular weight excluding hydrogens is 282 g/mol. The molecule has 0 aliphatic rings. The lowest BCUT2D eigenvalue weighted by Crippen LogP contribution is -2.32. The van der Waals surface area contributed by atoms with Crippen LogP contribution in [0, 0.1) is 5.41 Å². The van der Waals surface area contributed by atoms with Crippen LogP contribution in [0.1, 0.15) is 31.3 Å². The largest absolute Gasteiger partial charge is 0.475 e. The number of benzene rings is 1. The summed E-state index contributed by atoms with van der Waals surface area (Å²) < 4.78 is 7.15. The van der Waals surface area contributed by atoms with Crippen molar-refractivity contribution in [3.05, 3.63) is 42.1 Å². The van der Waals surface area contributed by atoms with Crippen molar-refractivity contribution in [3.8, 4) is 11.6 Å². The number of nitrogens with two attached hydrogens (primary N) is 1. The summed E-state index contributed by atoms with van der Waals surface area (Å²) in [5.74, 6) is -0.265. The van der Waals surface area contributed by atoms with Crippen molar-refractivity contribution >= 4 is 5.91 Å². The van der Waals surface area contributed by atoms with Crippen molar-refractivity contribution < 1.29 is 14.6 Å². The van der Waals surface area contributed by atoms with E-state index in [1.807, 2.05) is 51.1 Å². The van der Waals surface area contributed by atoms with Gasteiger partial charge in [-0.1, -0.05) is 39.0 Å². The van der Waals surface area contributed by atoms with Crippen LogP contribution in [-0.2, 0) is 0 Å². The summed E-state index contributed by atoms with van der Waals surface area (Å²) in [4.78, 5) is 11.3. The number of hydrogen-bond donors (Lipinski definition) is 2. The number of aromatic nitrogens is 2. The maximum Gasteiger partial charge on any atom is 0.269 e. The van der Waals surface area contributed by atoms with Gasteiger partial charge in [-0.2, -0.15) is 5.10 Å². The monoisotopic (exact) mass is 303 g/mol. The van der Waals surface area contributed by atoms with Crippen LogP contribution in [-0.4, -0.2) is 33.5 Å². The average Bonchev–Trinajstić information content (AvgIpc) is 2.89. The first-order chi connectivity index (χ1) is 10.3. The second kappa shape index (κ2) is 6.19. The summed E-state index contributed by atoms with van der Waals surface area (Å²) in [6, 6.07) is 10.7. The smallest absolute Gasteiger partial charge is 0.269 e. The van der Waals surface area contributed by atoms with E-state index in [2.05, 4.69) is 5.10 Å². The van der Waals surface area contributed by atoms with Gasteiger partial charge in [0.2, 0.25) is 5.88 Å². The molecule has 0 saturated carbocycles. The Morgan fingerprint density at radius 3 is 2.55 bits per heavy atom.